The Morgan fingerprint density at radius 1 is 1.25 bits per heavy atom. The molecule has 1 N–H and O–H groups in total. The molecule has 2 aromatic rings. The van der Waals surface area contributed by atoms with Gasteiger partial charge in [-0.1, -0.05) is 18.2 Å². The molecule has 1 aromatic heterocycles. The van der Waals surface area contributed by atoms with Crippen LogP contribution >= 0.6 is 11.3 Å². The van der Waals surface area contributed by atoms with E-state index in [9.17, 15) is 14.9 Å². The molecule has 0 spiro atoms. The molecule has 0 aliphatic heterocycles. The van der Waals surface area contributed by atoms with Crippen LogP contribution in [-0.4, -0.2) is 5.71 Å². The van der Waals surface area contributed by atoms with Crippen molar-refractivity contribution in [2.24, 2.45) is 5.92 Å². The lowest BCUT2D eigenvalue weighted by Crippen LogP contribution is -2.31. The Kier molecular flexibility index (Phi) is 2.67. The summed E-state index contributed by atoms with van der Waals surface area (Å²) in [6.45, 7) is 0. The lowest BCUT2D eigenvalue weighted by Gasteiger charge is -2.23. The molecule has 0 fully saturated rings. The SMILES string of the molecule is N#CC1C(=N)c2c(F)cccc2[C@]1(C#N)c1cccs1. The average molecular weight is 281 g/mol. The molecule has 0 amide bonds. The fourth-order valence-corrected chi connectivity index (χ4v) is 3.68. The predicted molar refractivity (Wildman–Crippen MR) is 73.0 cm³/mol. The van der Waals surface area contributed by atoms with E-state index < -0.39 is 17.2 Å². The maximum absolute atomic E-state index is 14.0. The number of nitrogens with zero attached hydrogens (tertiary/aromatic N) is 2. The Hall–Kier alpha value is -2.50. The van der Waals surface area contributed by atoms with Crippen LogP contribution in [0.3, 0.4) is 0 Å². The molecular weight excluding hydrogens is 273 g/mol. The van der Waals surface area contributed by atoms with Gasteiger partial charge in [0.1, 0.15) is 17.2 Å². The molecule has 20 heavy (non-hydrogen) atoms. The Morgan fingerprint density at radius 2 is 2.05 bits per heavy atom. The van der Waals surface area contributed by atoms with Crippen molar-refractivity contribution < 1.29 is 4.39 Å². The van der Waals surface area contributed by atoms with Crippen LogP contribution in [0.5, 0.6) is 0 Å². The number of hydrogen-bond donors (Lipinski definition) is 1. The number of halogens is 1. The summed E-state index contributed by atoms with van der Waals surface area (Å²) < 4.78 is 14.0. The first-order valence-corrected chi connectivity index (χ1v) is 6.77. The lowest BCUT2D eigenvalue weighted by atomic mass is 9.75. The highest BCUT2D eigenvalue weighted by Crippen LogP contribution is 2.49. The zero-order chi connectivity index (χ0) is 14.3. The Bertz CT molecular complexity index is 782. The number of rotatable bonds is 1. The first kappa shape index (κ1) is 12.5. The maximum atomic E-state index is 14.0. The number of fused-ring (bicyclic) bond motifs is 1. The average Bonchev–Trinajstić information content (AvgIpc) is 3.05. The summed E-state index contributed by atoms with van der Waals surface area (Å²) in [5, 5.41) is 29.0. The van der Waals surface area contributed by atoms with E-state index in [2.05, 4.69) is 6.07 Å². The fourth-order valence-electron chi connectivity index (χ4n) is 2.76. The van der Waals surface area contributed by atoms with Crippen LogP contribution in [0.4, 0.5) is 4.39 Å². The molecular formula is C15H8FN3S. The summed E-state index contributed by atoms with van der Waals surface area (Å²) in [5.74, 6) is -1.54. The van der Waals surface area contributed by atoms with Gasteiger partial charge in [0.05, 0.1) is 17.9 Å². The van der Waals surface area contributed by atoms with Gasteiger partial charge in [-0.15, -0.1) is 11.3 Å². The summed E-state index contributed by atoms with van der Waals surface area (Å²) in [6.07, 6.45) is 0. The predicted octanol–water partition coefficient (Wildman–Crippen LogP) is 3.22. The molecule has 1 heterocycles. The number of nitriles is 2. The zero-order valence-electron chi connectivity index (χ0n) is 10.2. The van der Waals surface area contributed by atoms with E-state index in [4.69, 9.17) is 5.41 Å². The van der Waals surface area contributed by atoms with Crippen LogP contribution in [0.2, 0.25) is 0 Å². The molecule has 96 valence electrons. The summed E-state index contributed by atoms with van der Waals surface area (Å²) in [7, 11) is 0. The molecule has 0 saturated carbocycles. The molecule has 0 saturated heterocycles. The van der Waals surface area contributed by atoms with Crippen LogP contribution in [-0.2, 0) is 5.41 Å². The van der Waals surface area contributed by atoms with Gasteiger partial charge >= 0.3 is 0 Å². The van der Waals surface area contributed by atoms with Crippen LogP contribution in [0.1, 0.15) is 16.0 Å². The van der Waals surface area contributed by atoms with Crippen molar-refractivity contribution in [1.29, 1.82) is 15.9 Å². The van der Waals surface area contributed by atoms with Gasteiger partial charge in [0.2, 0.25) is 0 Å². The highest BCUT2D eigenvalue weighted by atomic mass is 32.1. The van der Waals surface area contributed by atoms with Gasteiger partial charge in [-0.05, 0) is 23.1 Å². The number of thiophene rings is 1. The van der Waals surface area contributed by atoms with Crippen molar-refractivity contribution >= 4 is 17.0 Å². The second kappa shape index (κ2) is 4.26. The first-order chi connectivity index (χ1) is 9.66. The lowest BCUT2D eigenvalue weighted by molar-refractivity contribution is 0.613. The Morgan fingerprint density at radius 3 is 2.65 bits per heavy atom. The molecule has 3 nitrogen and oxygen atoms in total. The molecule has 3 rings (SSSR count). The zero-order valence-corrected chi connectivity index (χ0v) is 11.0. The molecule has 0 bridgehead atoms. The smallest absolute Gasteiger partial charge is 0.138 e. The van der Waals surface area contributed by atoms with E-state index in [1.165, 1.54) is 23.5 Å². The largest absolute Gasteiger partial charge is 0.303 e. The van der Waals surface area contributed by atoms with Gasteiger partial charge in [-0.3, -0.25) is 0 Å². The first-order valence-electron chi connectivity index (χ1n) is 5.89. The van der Waals surface area contributed by atoms with Crippen molar-refractivity contribution in [2.75, 3.05) is 0 Å². The van der Waals surface area contributed by atoms with Crippen LogP contribution in [0.25, 0.3) is 0 Å². The second-order valence-corrected chi connectivity index (χ2v) is 5.48. The van der Waals surface area contributed by atoms with E-state index in [1.807, 2.05) is 11.4 Å². The van der Waals surface area contributed by atoms with Crippen molar-refractivity contribution in [3.8, 4) is 12.1 Å². The summed E-state index contributed by atoms with van der Waals surface area (Å²) in [6, 6.07) is 12.1. The number of benzene rings is 1. The molecule has 1 aliphatic carbocycles. The highest BCUT2D eigenvalue weighted by Gasteiger charge is 2.54. The van der Waals surface area contributed by atoms with Crippen LogP contribution in [0, 0.1) is 39.8 Å². The van der Waals surface area contributed by atoms with E-state index in [1.54, 1.807) is 18.2 Å². The number of nitrogens with one attached hydrogen (secondary N) is 1. The van der Waals surface area contributed by atoms with Gasteiger partial charge < -0.3 is 5.41 Å². The van der Waals surface area contributed by atoms with Crippen LogP contribution in [0.15, 0.2) is 35.7 Å². The van der Waals surface area contributed by atoms with E-state index in [0.717, 1.165) is 0 Å². The third-order valence-corrected chi connectivity index (χ3v) is 4.65. The quantitative estimate of drug-likeness (QED) is 0.871. The summed E-state index contributed by atoms with van der Waals surface area (Å²) in [4.78, 5) is 0.667. The highest BCUT2D eigenvalue weighted by molar-refractivity contribution is 7.10. The van der Waals surface area contributed by atoms with Crippen molar-refractivity contribution in [2.45, 2.75) is 5.41 Å². The summed E-state index contributed by atoms with van der Waals surface area (Å²) >= 11 is 1.34. The van der Waals surface area contributed by atoms with Gasteiger partial charge in [0.15, 0.2) is 0 Å². The Balaban J connectivity index is 2.42. The minimum atomic E-state index is -1.28. The monoisotopic (exact) mass is 281 g/mol. The fraction of sp³-hybridized carbons (Fsp3) is 0.133. The molecule has 1 unspecified atom stereocenters. The minimum absolute atomic E-state index is 0.0917. The second-order valence-electron chi connectivity index (χ2n) is 4.54. The van der Waals surface area contributed by atoms with Gasteiger partial charge in [0.25, 0.3) is 0 Å². The van der Waals surface area contributed by atoms with Crippen molar-refractivity contribution in [3.63, 3.8) is 0 Å². The summed E-state index contributed by atoms with van der Waals surface area (Å²) in [5.41, 5.74) is -0.888. The standard InChI is InChI=1S/C15H8FN3S/c16-11-4-1-3-9-13(11)14(19)10(7-17)15(9,8-18)12-5-2-6-20-12/h1-6,10,19H/t10?,15-/m0/s1. The third kappa shape index (κ3) is 1.33. The molecule has 0 radical (unpaired) electrons. The van der Waals surface area contributed by atoms with Crippen molar-refractivity contribution in [3.05, 3.63) is 57.5 Å². The third-order valence-electron chi connectivity index (χ3n) is 3.64. The Labute approximate surface area is 119 Å². The van der Waals surface area contributed by atoms with E-state index >= 15 is 0 Å². The van der Waals surface area contributed by atoms with E-state index in [0.29, 0.717) is 10.4 Å². The van der Waals surface area contributed by atoms with Crippen LogP contribution < -0.4 is 0 Å². The molecule has 5 heteroatoms. The topological polar surface area (TPSA) is 71.4 Å². The van der Waals surface area contributed by atoms with Gasteiger partial charge in [-0.25, -0.2) is 4.39 Å². The van der Waals surface area contributed by atoms with Gasteiger partial charge in [-0.2, -0.15) is 10.5 Å². The maximum Gasteiger partial charge on any atom is 0.138 e. The normalized spacial score (nSPS) is 23.9. The molecule has 1 aromatic carbocycles. The van der Waals surface area contributed by atoms with E-state index in [-0.39, 0.29) is 11.3 Å². The number of hydrogen-bond acceptors (Lipinski definition) is 4. The van der Waals surface area contributed by atoms with Gasteiger partial charge in [0, 0.05) is 10.4 Å². The molecule has 1 aliphatic rings. The molecule has 2 atom stereocenters. The van der Waals surface area contributed by atoms with Crippen molar-refractivity contribution in [1.82, 2.24) is 0 Å². The minimum Gasteiger partial charge on any atom is -0.303 e.